The molecule has 2 aliphatic rings. The predicted octanol–water partition coefficient (Wildman–Crippen LogP) is 5.64. The fraction of sp³-hybridized carbons (Fsp3) is 0.480. The third-order valence-electron chi connectivity index (χ3n) is 6.96. The number of halogens is 7. The Morgan fingerprint density at radius 2 is 1.53 bits per heavy atom. The summed E-state index contributed by atoms with van der Waals surface area (Å²) in [5.41, 5.74) is -2.45. The number of fused-ring (bicyclic) bond motifs is 1. The van der Waals surface area contributed by atoms with Gasteiger partial charge in [-0.1, -0.05) is 12.1 Å². The standard InChI is InChI=1S/C25H25F7N2O2/c1-13(15-8-16(24(27,28)29)10-17(9-15)25(30,31)32)36-21-12-34-19(11-20(23(34)35)33(2)3)22(21)14-4-6-18(26)7-5-14/h4-10,13,19-22H,11-12H2,1-3H3/t13-,19?,20?,21+,22+/m1/s1. The van der Waals surface area contributed by atoms with Crippen molar-refractivity contribution >= 4 is 5.91 Å². The molecule has 4 rings (SSSR count). The van der Waals surface area contributed by atoms with Gasteiger partial charge in [-0.2, -0.15) is 26.3 Å². The molecule has 0 bridgehead atoms. The van der Waals surface area contributed by atoms with Crippen molar-refractivity contribution in [3.63, 3.8) is 0 Å². The molecule has 2 aromatic carbocycles. The van der Waals surface area contributed by atoms with Gasteiger partial charge in [0.05, 0.1) is 29.4 Å². The molecule has 0 radical (unpaired) electrons. The second-order valence-corrected chi connectivity index (χ2v) is 9.51. The first-order chi connectivity index (χ1) is 16.7. The number of ether oxygens (including phenoxy) is 1. The Labute approximate surface area is 203 Å². The smallest absolute Gasteiger partial charge is 0.368 e. The maximum atomic E-state index is 13.6. The fourth-order valence-corrected chi connectivity index (χ4v) is 5.17. The molecule has 2 fully saturated rings. The minimum atomic E-state index is -4.98. The first kappa shape index (κ1) is 26.4. The van der Waals surface area contributed by atoms with Gasteiger partial charge in [0.1, 0.15) is 5.82 Å². The summed E-state index contributed by atoms with van der Waals surface area (Å²) in [7, 11) is 3.55. The van der Waals surface area contributed by atoms with Gasteiger partial charge in [-0.25, -0.2) is 4.39 Å². The number of alkyl halides is 6. The fourth-order valence-electron chi connectivity index (χ4n) is 5.17. The minimum absolute atomic E-state index is 0.0727. The summed E-state index contributed by atoms with van der Waals surface area (Å²) in [5.74, 6) is -1.03. The van der Waals surface area contributed by atoms with E-state index in [9.17, 15) is 35.5 Å². The number of hydrogen-bond acceptors (Lipinski definition) is 3. The molecule has 5 atom stereocenters. The zero-order valence-electron chi connectivity index (χ0n) is 19.7. The van der Waals surface area contributed by atoms with Crippen molar-refractivity contribution in [3.8, 4) is 0 Å². The van der Waals surface area contributed by atoms with Crippen LogP contribution in [0.4, 0.5) is 30.7 Å². The van der Waals surface area contributed by atoms with Gasteiger partial charge in [-0.3, -0.25) is 9.69 Å². The van der Waals surface area contributed by atoms with Crippen LogP contribution in [-0.4, -0.2) is 54.5 Å². The van der Waals surface area contributed by atoms with Crippen LogP contribution in [0.25, 0.3) is 0 Å². The van der Waals surface area contributed by atoms with Gasteiger partial charge in [0.15, 0.2) is 0 Å². The second-order valence-electron chi connectivity index (χ2n) is 9.51. The van der Waals surface area contributed by atoms with Crippen LogP contribution in [0.5, 0.6) is 0 Å². The molecule has 11 heteroatoms. The summed E-state index contributed by atoms with van der Waals surface area (Å²) >= 11 is 0. The quantitative estimate of drug-likeness (QED) is 0.481. The predicted molar refractivity (Wildman–Crippen MR) is 116 cm³/mol. The summed E-state index contributed by atoms with van der Waals surface area (Å²) in [6, 6.07) is 6.35. The van der Waals surface area contributed by atoms with Gasteiger partial charge >= 0.3 is 12.4 Å². The highest BCUT2D eigenvalue weighted by Gasteiger charge is 2.53. The third-order valence-corrected chi connectivity index (χ3v) is 6.96. The number of benzene rings is 2. The Morgan fingerprint density at radius 1 is 0.972 bits per heavy atom. The maximum Gasteiger partial charge on any atom is 0.416 e. The van der Waals surface area contributed by atoms with Crippen molar-refractivity contribution in [2.45, 2.75) is 55.9 Å². The van der Waals surface area contributed by atoms with Crippen LogP contribution in [-0.2, 0) is 21.9 Å². The summed E-state index contributed by atoms with van der Waals surface area (Å²) < 4.78 is 99.7. The average molecular weight is 518 g/mol. The van der Waals surface area contributed by atoms with E-state index < -0.39 is 47.4 Å². The lowest BCUT2D eigenvalue weighted by Gasteiger charge is -2.28. The Morgan fingerprint density at radius 3 is 2.03 bits per heavy atom. The molecule has 2 heterocycles. The number of carbonyl (C=O) groups excluding carboxylic acids is 1. The number of amides is 1. The molecule has 0 aromatic heterocycles. The van der Waals surface area contributed by atoms with Gasteiger partial charge in [0.25, 0.3) is 0 Å². The van der Waals surface area contributed by atoms with Crippen LogP contribution in [0.2, 0.25) is 0 Å². The van der Waals surface area contributed by atoms with Gasteiger partial charge < -0.3 is 9.64 Å². The van der Waals surface area contributed by atoms with Gasteiger partial charge in [-0.15, -0.1) is 0 Å². The lowest BCUT2D eigenvalue weighted by molar-refractivity contribution is -0.143. The Kier molecular flexibility index (Phi) is 6.85. The Balaban J connectivity index is 1.67. The van der Waals surface area contributed by atoms with Crippen molar-refractivity contribution in [2.75, 3.05) is 20.6 Å². The lowest BCUT2D eigenvalue weighted by atomic mass is 9.87. The first-order valence-electron chi connectivity index (χ1n) is 11.3. The van der Waals surface area contributed by atoms with Crippen LogP contribution in [0.3, 0.4) is 0 Å². The third kappa shape index (κ3) is 5.08. The highest BCUT2D eigenvalue weighted by atomic mass is 19.4. The van der Waals surface area contributed by atoms with E-state index in [2.05, 4.69) is 0 Å². The summed E-state index contributed by atoms with van der Waals surface area (Å²) in [4.78, 5) is 16.4. The summed E-state index contributed by atoms with van der Waals surface area (Å²) in [6.45, 7) is 1.50. The van der Waals surface area contributed by atoms with Crippen molar-refractivity contribution < 1.29 is 40.3 Å². The first-order valence-corrected chi connectivity index (χ1v) is 11.3. The van der Waals surface area contributed by atoms with Crippen LogP contribution in [0.15, 0.2) is 42.5 Å². The molecule has 36 heavy (non-hydrogen) atoms. The van der Waals surface area contributed by atoms with E-state index in [1.165, 1.54) is 19.1 Å². The highest BCUT2D eigenvalue weighted by Crippen LogP contribution is 2.45. The van der Waals surface area contributed by atoms with Crippen molar-refractivity contribution in [2.24, 2.45) is 0 Å². The van der Waals surface area contributed by atoms with Gasteiger partial charge in [0.2, 0.25) is 5.91 Å². The van der Waals surface area contributed by atoms with E-state index in [1.807, 2.05) is 0 Å². The Hall–Kier alpha value is -2.66. The van der Waals surface area contributed by atoms with E-state index in [1.54, 1.807) is 36.0 Å². The van der Waals surface area contributed by atoms with E-state index in [-0.39, 0.29) is 36.2 Å². The number of likely N-dealkylation sites (N-methyl/N-ethyl adjacent to an activating group) is 1. The van der Waals surface area contributed by atoms with Gasteiger partial charge in [0, 0.05) is 18.5 Å². The summed E-state index contributed by atoms with van der Waals surface area (Å²) in [6.07, 6.45) is -11.3. The number of nitrogens with zero attached hydrogens (tertiary/aromatic N) is 2. The second kappa shape index (κ2) is 9.33. The molecule has 1 amide bonds. The highest BCUT2D eigenvalue weighted by molar-refractivity contribution is 5.85. The maximum absolute atomic E-state index is 13.6. The minimum Gasteiger partial charge on any atom is -0.368 e. The van der Waals surface area contributed by atoms with Gasteiger partial charge in [-0.05, 0) is 68.9 Å². The van der Waals surface area contributed by atoms with Crippen molar-refractivity contribution in [3.05, 3.63) is 70.5 Å². The van der Waals surface area contributed by atoms with Crippen LogP contribution >= 0.6 is 0 Å². The molecule has 2 unspecified atom stereocenters. The molecule has 2 saturated heterocycles. The Bertz CT molecular complexity index is 1080. The van der Waals surface area contributed by atoms with Crippen LogP contribution in [0.1, 0.15) is 47.6 Å². The normalized spacial score (nSPS) is 25.5. The molecular weight excluding hydrogens is 493 g/mol. The van der Waals surface area contributed by atoms with E-state index in [0.29, 0.717) is 24.1 Å². The summed E-state index contributed by atoms with van der Waals surface area (Å²) in [5, 5.41) is 0. The molecule has 196 valence electrons. The van der Waals surface area contributed by atoms with Crippen LogP contribution < -0.4 is 0 Å². The SMILES string of the molecule is C[C@@H](O[C@H]1CN2C(=O)C(N(C)C)CC2[C@@H]1c1ccc(F)cc1)c1cc(C(F)(F)F)cc(C(F)(F)F)c1. The lowest BCUT2D eigenvalue weighted by Crippen LogP contribution is -2.39. The van der Waals surface area contributed by atoms with Crippen molar-refractivity contribution in [1.29, 1.82) is 0 Å². The molecule has 0 spiro atoms. The monoisotopic (exact) mass is 518 g/mol. The topological polar surface area (TPSA) is 32.8 Å². The number of hydrogen-bond donors (Lipinski definition) is 0. The molecule has 0 saturated carbocycles. The van der Waals surface area contributed by atoms with E-state index in [4.69, 9.17) is 4.74 Å². The molecule has 0 aliphatic carbocycles. The number of rotatable bonds is 5. The molecule has 4 nitrogen and oxygen atoms in total. The number of carbonyl (C=O) groups is 1. The zero-order valence-corrected chi connectivity index (χ0v) is 19.7. The van der Waals surface area contributed by atoms with E-state index in [0.717, 1.165) is 0 Å². The molecule has 2 aromatic rings. The average Bonchev–Trinajstić information content (AvgIpc) is 3.29. The van der Waals surface area contributed by atoms with E-state index >= 15 is 0 Å². The molecular formula is C25H25F7N2O2. The largest absolute Gasteiger partial charge is 0.416 e. The van der Waals surface area contributed by atoms with Crippen molar-refractivity contribution in [1.82, 2.24) is 9.80 Å². The molecule has 2 aliphatic heterocycles. The zero-order chi connectivity index (χ0) is 26.6. The molecule has 0 N–H and O–H groups in total. The van der Waals surface area contributed by atoms with Crippen LogP contribution in [0, 0.1) is 5.82 Å².